The van der Waals surface area contributed by atoms with E-state index < -0.39 is 8.32 Å². The Morgan fingerprint density at radius 3 is 2.08 bits per heavy atom. The first kappa shape index (κ1) is 12.8. The summed E-state index contributed by atoms with van der Waals surface area (Å²) in [5, 5.41) is 0.288. The van der Waals surface area contributed by atoms with Gasteiger partial charge in [0.15, 0.2) is 8.32 Å². The van der Waals surface area contributed by atoms with E-state index in [0.29, 0.717) is 0 Å². The lowest BCUT2D eigenvalue weighted by Crippen LogP contribution is -2.43. The topological polar surface area (TPSA) is 26.3 Å². The summed E-state index contributed by atoms with van der Waals surface area (Å²) in [6.45, 7) is 11.3. The second-order valence-electron chi connectivity index (χ2n) is 4.26. The smallest absolute Gasteiger partial charge is 0.193 e. The van der Waals surface area contributed by atoms with Crippen molar-refractivity contribution in [3.63, 3.8) is 0 Å². The maximum atomic E-state index is 10.3. The highest BCUT2D eigenvalue weighted by Crippen LogP contribution is 2.44. The van der Waals surface area contributed by atoms with Crippen molar-refractivity contribution in [2.75, 3.05) is 6.61 Å². The first-order valence-electron chi connectivity index (χ1n) is 5.01. The molecule has 0 spiro atoms. The molecule has 0 fully saturated rings. The minimum absolute atomic E-state index is 0.259. The molecule has 0 unspecified atom stereocenters. The Bertz CT molecular complexity index is 162. The van der Waals surface area contributed by atoms with Gasteiger partial charge in [0.2, 0.25) is 0 Å². The maximum Gasteiger partial charge on any atom is 0.193 e. The second-order valence-corrected chi connectivity index (χ2v) is 8.77. The molecule has 0 heterocycles. The zero-order chi connectivity index (χ0) is 10.5. The van der Waals surface area contributed by atoms with Crippen LogP contribution in [0, 0.1) is 0 Å². The third-order valence-corrected chi connectivity index (χ3v) is 8.03. The molecular weight excluding hydrogens is 180 g/mol. The number of rotatable bonds is 6. The number of carbonyl (C=O) groups is 1. The van der Waals surface area contributed by atoms with Gasteiger partial charge >= 0.3 is 0 Å². The van der Waals surface area contributed by atoms with Crippen LogP contribution in [0.15, 0.2) is 0 Å². The molecule has 0 amide bonds. The molecule has 0 saturated carbocycles. The van der Waals surface area contributed by atoms with E-state index in [1.54, 1.807) is 0 Å². The minimum atomic E-state index is -1.71. The lowest BCUT2D eigenvalue weighted by molar-refractivity contribution is -0.109. The zero-order valence-corrected chi connectivity index (χ0v) is 10.5. The molecule has 13 heavy (non-hydrogen) atoms. The first-order chi connectivity index (χ1) is 5.93. The molecule has 2 nitrogen and oxygen atoms in total. The van der Waals surface area contributed by atoms with E-state index in [4.69, 9.17) is 4.43 Å². The van der Waals surface area contributed by atoms with E-state index in [2.05, 4.69) is 33.9 Å². The van der Waals surface area contributed by atoms with Gasteiger partial charge < -0.3 is 9.22 Å². The van der Waals surface area contributed by atoms with Crippen molar-refractivity contribution in [2.24, 2.45) is 0 Å². The quantitative estimate of drug-likeness (QED) is 0.489. The predicted molar refractivity (Wildman–Crippen MR) is 58.4 cm³/mol. The summed E-state index contributed by atoms with van der Waals surface area (Å²) >= 11 is 0. The van der Waals surface area contributed by atoms with Crippen LogP contribution < -0.4 is 0 Å². The first-order valence-corrected chi connectivity index (χ1v) is 7.92. The number of carbonyl (C=O) groups excluding carboxylic acids is 1. The molecule has 0 aromatic carbocycles. The van der Waals surface area contributed by atoms with Crippen molar-refractivity contribution >= 4 is 14.6 Å². The van der Waals surface area contributed by atoms with Crippen LogP contribution in [-0.4, -0.2) is 21.2 Å². The minimum Gasteiger partial charge on any atom is -0.410 e. The summed E-state index contributed by atoms with van der Waals surface area (Å²) in [5.41, 5.74) is 0. The van der Waals surface area contributed by atoms with Crippen LogP contribution in [0.3, 0.4) is 0 Å². The molecule has 0 aromatic rings. The Kier molecular flexibility index (Phi) is 4.85. The van der Waals surface area contributed by atoms with E-state index in [1.165, 1.54) is 0 Å². The Morgan fingerprint density at radius 2 is 1.77 bits per heavy atom. The van der Waals surface area contributed by atoms with Gasteiger partial charge in [-0.3, -0.25) is 0 Å². The maximum absolute atomic E-state index is 10.3. The van der Waals surface area contributed by atoms with Crippen LogP contribution in [0.5, 0.6) is 0 Å². The highest BCUT2D eigenvalue weighted by Gasteiger charge is 2.41. The largest absolute Gasteiger partial charge is 0.410 e. The molecule has 0 aliphatic rings. The molecular formula is C10H22O2Si. The van der Waals surface area contributed by atoms with Gasteiger partial charge in [-0.2, -0.15) is 0 Å². The van der Waals surface area contributed by atoms with Crippen molar-refractivity contribution < 1.29 is 9.22 Å². The second kappa shape index (κ2) is 4.91. The summed E-state index contributed by atoms with van der Waals surface area (Å²) in [6, 6.07) is 0. The summed E-state index contributed by atoms with van der Waals surface area (Å²) in [5.74, 6) is 0. The van der Waals surface area contributed by atoms with Gasteiger partial charge in [0.1, 0.15) is 6.29 Å². The molecule has 0 radical (unpaired) electrons. The van der Waals surface area contributed by atoms with E-state index in [1.807, 2.05) is 0 Å². The van der Waals surface area contributed by atoms with E-state index in [0.717, 1.165) is 19.1 Å². The van der Waals surface area contributed by atoms with Crippen LogP contribution in [0.25, 0.3) is 0 Å². The molecule has 0 atom stereocenters. The monoisotopic (exact) mass is 202 g/mol. The molecule has 0 saturated heterocycles. The van der Waals surface area contributed by atoms with Crippen LogP contribution in [0.4, 0.5) is 0 Å². The Labute approximate surface area is 82.8 Å². The van der Waals surface area contributed by atoms with Crippen LogP contribution >= 0.6 is 0 Å². The van der Waals surface area contributed by atoms with E-state index in [9.17, 15) is 4.79 Å². The average molecular weight is 202 g/mol. The van der Waals surface area contributed by atoms with Gasteiger partial charge in [-0.15, -0.1) is 0 Å². The fourth-order valence-electron chi connectivity index (χ4n) is 1.52. The van der Waals surface area contributed by atoms with Crippen molar-refractivity contribution in [1.82, 2.24) is 0 Å². The summed E-state index contributed by atoms with van der Waals surface area (Å²) in [7, 11) is -1.71. The Balaban J connectivity index is 4.46. The number of hydrogen-bond donors (Lipinski definition) is 0. The number of hydrogen-bond acceptors (Lipinski definition) is 2. The predicted octanol–water partition coefficient (Wildman–Crippen LogP) is 2.99. The van der Waals surface area contributed by atoms with Crippen LogP contribution in [-0.2, 0) is 9.22 Å². The van der Waals surface area contributed by atoms with Crippen molar-refractivity contribution in [3.8, 4) is 0 Å². The molecule has 0 bridgehead atoms. The van der Waals surface area contributed by atoms with Gasteiger partial charge in [0.25, 0.3) is 0 Å². The highest BCUT2D eigenvalue weighted by molar-refractivity contribution is 6.74. The van der Waals surface area contributed by atoms with Crippen molar-refractivity contribution in [1.29, 1.82) is 0 Å². The molecule has 0 aliphatic heterocycles. The zero-order valence-electron chi connectivity index (χ0n) is 9.52. The van der Waals surface area contributed by atoms with E-state index >= 15 is 0 Å². The molecule has 0 aliphatic carbocycles. The molecule has 0 N–H and O–H groups in total. The van der Waals surface area contributed by atoms with Crippen molar-refractivity contribution in [3.05, 3.63) is 0 Å². The van der Waals surface area contributed by atoms with Gasteiger partial charge in [-0.25, -0.2) is 0 Å². The van der Waals surface area contributed by atoms with Gasteiger partial charge in [0.05, 0.1) is 6.61 Å². The fraction of sp³-hybridized carbons (Fsp3) is 0.900. The lowest BCUT2D eigenvalue weighted by atomic mass is 10.1. The molecule has 0 rings (SSSR count). The van der Waals surface area contributed by atoms with Crippen molar-refractivity contribution in [2.45, 2.75) is 51.7 Å². The van der Waals surface area contributed by atoms with Crippen LogP contribution in [0.1, 0.15) is 33.6 Å². The normalized spacial score (nSPS) is 13.0. The standard InChI is InChI=1S/C10H22O2Si/c1-6-10(3,7-2)13(4,5)12-9-8-11/h8H,6-7,9H2,1-5H3. The third-order valence-electron chi connectivity index (χ3n) is 3.53. The van der Waals surface area contributed by atoms with E-state index in [-0.39, 0.29) is 11.6 Å². The summed E-state index contributed by atoms with van der Waals surface area (Å²) < 4.78 is 5.70. The third kappa shape index (κ3) is 2.92. The SMILES string of the molecule is CCC(C)(CC)[Si](C)(C)OCC=O. The summed E-state index contributed by atoms with van der Waals surface area (Å²) in [4.78, 5) is 10.3. The average Bonchev–Trinajstić information content (AvgIpc) is 2.13. The molecule has 0 aromatic heterocycles. The Morgan fingerprint density at radius 1 is 1.31 bits per heavy atom. The number of aldehydes is 1. The molecule has 78 valence electrons. The van der Waals surface area contributed by atoms with Gasteiger partial charge in [0, 0.05) is 0 Å². The fourth-order valence-corrected chi connectivity index (χ4v) is 4.05. The molecule has 3 heteroatoms. The summed E-state index contributed by atoms with van der Waals surface area (Å²) in [6.07, 6.45) is 3.10. The Hall–Kier alpha value is -0.153. The van der Waals surface area contributed by atoms with Crippen LogP contribution in [0.2, 0.25) is 18.1 Å². The van der Waals surface area contributed by atoms with Gasteiger partial charge in [-0.1, -0.05) is 33.6 Å². The van der Waals surface area contributed by atoms with Gasteiger partial charge in [-0.05, 0) is 18.1 Å². The lowest BCUT2D eigenvalue weighted by Gasteiger charge is -2.40. The highest BCUT2D eigenvalue weighted by atomic mass is 28.4.